The predicted octanol–water partition coefficient (Wildman–Crippen LogP) is 2.57. The summed E-state index contributed by atoms with van der Waals surface area (Å²) in [5.41, 5.74) is 3.59. The van der Waals surface area contributed by atoms with Crippen LogP contribution in [0, 0.1) is 0 Å². The molecule has 2 aliphatic rings. The number of carbonyl (C=O) groups excluding carboxylic acids is 1. The molecule has 1 fully saturated rings. The Morgan fingerprint density at radius 2 is 2.12 bits per heavy atom. The van der Waals surface area contributed by atoms with E-state index >= 15 is 0 Å². The second-order valence-electron chi connectivity index (χ2n) is 6.86. The Balaban J connectivity index is 1.43. The number of benzene rings is 1. The molecule has 5 heteroatoms. The first kappa shape index (κ1) is 15.4. The molecule has 1 aromatic carbocycles. The first-order valence-electron chi connectivity index (χ1n) is 8.91. The van der Waals surface area contributed by atoms with Crippen molar-refractivity contribution in [3.8, 4) is 0 Å². The van der Waals surface area contributed by atoms with Crippen molar-refractivity contribution < 1.29 is 4.79 Å². The average molecular weight is 324 g/mol. The lowest BCUT2D eigenvalue weighted by Crippen LogP contribution is -2.45. The number of anilines is 1. The Morgan fingerprint density at radius 3 is 3.00 bits per heavy atom. The summed E-state index contributed by atoms with van der Waals surface area (Å²) in [5.74, 6) is 0.690. The molecule has 3 heterocycles. The zero-order chi connectivity index (χ0) is 16.4. The lowest BCUT2D eigenvalue weighted by atomic mass is 9.95. The number of hydrogen-bond acceptors (Lipinski definition) is 3. The largest absolute Gasteiger partial charge is 0.311 e. The fourth-order valence-electron chi connectivity index (χ4n) is 4.02. The minimum absolute atomic E-state index is 0.229. The van der Waals surface area contributed by atoms with Gasteiger partial charge in [-0.05, 0) is 49.9 Å². The minimum Gasteiger partial charge on any atom is -0.311 e. The molecule has 4 rings (SSSR count). The van der Waals surface area contributed by atoms with Crippen molar-refractivity contribution in [1.82, 2.24) is 15.1 Å². The van der Waals surface area contributed by atoms with Crippen molar-refractivity contribution in [2.45, 2.75) is 31.6 Å². The van der Waals surface area contributed by atoms with Gasteiger partial charge >= 0.3 is 0 Å². The molecule has 0 aliphatic carbocycles. The Labute approximate surface area is 142 Å². The summed E-state index contributed by atoms with van der Waals surface area (Å²) in [6.07, 6.45) is 6.24. The molecule has 1 N–H and O–H groups in total. The maximum Gasteiger partial charge on any atom is 0.241 e. The van der Waals surface area contributed by atoms with E-state index in [1.165, 1.54) is 17.7 Å². The van der Waals surface area contributed by atoms with E-state index in [9.17, 15) is 4.79 Å². The van der Waals surface area contributed by atoms with Crippen molar-refractivity contribution in [1.29, 1.82) is 0 Å². The van der Waals surface area contributed by atoms with Crippen LogP contribution in [0.1, 0.15) is 36.4 Å². The average Bonchev–Trinajstić information content (AvgIpc) is 3.16. The van der Waals surface area contributed by atoms with Crippen molar-refractivity contribution in [3.63, 3.8) is 0 Å². The van der Waals surface area contributed by atoms with E-state index in [-0.39, 0.29) is 5.91 Å². The quantitative estimate of drug-likeness (QED) is 0.944. The number of nitrogens with one attached hydrogen (secondary N) is 1. The summed E-state index contributed by atoms with van der Waals surface area (Å²) in [6.45, 7) is 3.29. The molecule has 1 saturated heterocycles. The van der Waals surface area contributed by atoms with E-state index in [2.05, 4.69) is 39.4 Å². The normalized spacial score (nSPS) is 21.5. The molecule has 1 aromatic heterocycles. The van der Waals surface area contributed by atoms with Crippen LogP contribution in [-0.4, -0.2) is 47.2 Å². The third-order valence-corrected chi connectivity index (χ3v) is 5.24. The predicted molar refractivity (Wildman–Crippen MR) is 94.1 cm³/mol. The number of fused-ring (bicyclic) bond motifs is 1. The SMILES string of the molecule is O=C(CN1CCC[C@H](c2ccn[nH]2)C1)N1CCCc2ccccc21. The van der Waals surface area contributed by atoms with Gasteiger partial charge in [-0.3, -0.25) is 14.8 Å². The van der Waals surface area contributed by atoms with Crippen molar-refractivity contribution >= 4 is 11.6 Å². The number of aromatic nitrogens is 2. The van der Waals surface area contributed by atoms with Crippen LogP contribution >= 0.6 is 0 Å². The lowest BCUT2D eigenvalue weighted by molar-refractivity contribution is -0.120. The summed E-state index contributed by atoms with van der Waals surface area (Å²) in [4.78, 5) is 17.2. The maximum absolute atomic E-state index is 12.9. The van der Waals surface area contributed by atoms with Gasteiger partial charge in [0.25, 0.3) is 0 Å². The highest BCUT2D eigenvalue weighted by Crippen LogP contribution is 2.28. The van der Waals surface area contributed by atoms with Gasteiger partial charge in [-0.25, -0.2) is 0 Å². The zero-order valence-electron chi connectivity index (χ0n) is 13.9. The van der Waals surface area contributed by atoms with Gasteiger partial charge in [-0.15, -0.1) is 0 Å². The van der Waals surface area contributed by atoms with Crippen molar-refractivity contribution in [2.24, 2.45) is 0 Å². The Bertz CT molecular complexity index is 697. The minimum atomic E-state index is 0.229. The number of nitrogens with zero attached hydrogens (tertiary/aromatic N) is 3. The molecule has 2 aromatic rings. The summed E-state index contributed by atoms with van der Waals surface area (Å²) in [6, 6.07) is 10.4. The maximum atomic E-state index is 12.9. The highest BCUT2D eigenvalue weighted by molar-refractivity contribution is 5.95. The molecule has 1 atom stereocenters. The topological polar surface area (TPSA) is 52.2 Å². The second-order valence-corrected chi connectivity index (χ2v) is 6.86. The van der Waals surface area contributed by atoms with Gasteiger partial charge in [0.2, 0.25) is 5.91 Å². The van der Waals surface area contributed by atoms with Gasteiger partial charge < -0.3 is 4.90 Å². The van der Waals surface area contributed by atoms with Crippen LogP contribution in [0.15, 0.2) is 36.5 Å². The number of aryl methyl sites for hydroxylation is 1. The van der Waals surface area contributed by atoms with Gasteiger partial charge in [0.05, 0.1) is 6.54 Å². The third-order valence-electron chi connectivity index (χ3n) is 5.24. The van der Waals surface area contributed by atoms with E-state index in [0.29, 0.717) is 12.5 Å². The number of rotatable bonds is 3. The smallest absolute Gasteiger partial charge is 0.241 e. The molecule has 126 valence electrons. The number of amides is 1. The monoisotopic (exact) mass is 324 g/mol. The number of hydrogen-bond donors (Lipinski definition) is 1. The van der Waals surface area contributed by atoms with Gasteiger partial charge in [0, 0.05) is 36.6 Å². The highest BCUT2D eigenvalue weighted by Gasteiger charge is 2.27. The van der Waals surface area contributed by atoms with Gasteiger partial charge in [-0.1, -0.05) is 18.2 Å². The number of likely N-dealkylation sites (tertiary alicyclic amines) is 1. The fraction of sp³-hybridized carbons (Fsp3) is 0.474. The number of para-hydroxylation sites is 1. The van der Waals surface area contributed by atoms with Crippen molar-refractivity contribution in [2.75, 3.05) is 31.1 Å². The number of piperidine rings is 1. The number of carbonyl (C=O) groups is 1. The Kier molecular flexibility index (Phi) is 4.34. The lowest BCUT2D eigenvalue weighted by Gasteiger charge is -2.35. The molecule has 24 heavy (non-hydrogen) atoms. The Morgan fingerprint density at radius 1 is 1.21 bits per heavy atom. The molecular weight excluding hydrogens is 300 g/mol. The van der Waals surface area contributed by atoms with Crippen LogP contribution in [0.25, 0.3) is 0 Å². The van der Waals surface area contributed by atoms with E-state index in [4.69, 9.17) is 0 Å². The van der Waals surface area contributed by atoms with Gasteiger partial charge in [-0.2, -0.15) is 5.10 Å². The van der Waals surface area contributed by atoms with Crippen LogP contribution in [0.5, 0.6) is 0 Å². The third kappa shape index (κ3) is 3.08. The number of aromatic amines is 1. The van der Waals surface area contributed by atoms with E-state index < -0.39 is 0 Å². The molecule has 2 aliphatic heterocycles. The standard InChI is InChI=1S/C19H24N4O/c24-19(23-12-4-6-15-5-1-2-8-18(15)23)14-22-11-3-7-16(13-22)17-9-10-20-21-17/h1-2,5,8-10,16H,3-4,6-7,11-14H2,(H,20,21)/t16-/m0/s1. The fourth-order valence-corrected chi connectivity index (χ4v) is 4.02. The zero-order valence-corrected chi connectivity index (χ0v) is 13.9. The molecule has 5 nitrogen and oxygen atoms in total. The molecule has 0 saturated carbocycles. The second kappa shape index (κ2) is 6.77. The summed E-state index contributed by atoms with van der Waals surface area (Å²) in [7, 11) is 0. The molecule has 0 unspecified atom stereocenters. The summed E-state index contributed by atoms with van der Waals surface area (Å²) < 4.78 is 0. The number of H-pyrrole nitrogens is 1. The van der Waals surface area contributed by atoms with E-state index in [1.807, 2.05) is 17.2 Å². The summed E-state index contributed by atoms with van der Waals surface area (Å²) >= 11 is 0. The first-order chi connectivity index (χ1) is 11.8. The van der Waals surface area contributed by atoms with Gasteiger partial charge in [0.15, 0.2) is 0 Å². The van der Waals surface area contributed by atoms with Crippen LogP contribution in [0.3, 0.4) is 0 Å². The highest BCUT2D eigenvalue weighted by atomic mass is 16.2. The molecule has 1 amide bonds. The first-order valence-corrected chi connectivity index (χ1v) is 8.91. The Hall–Kier alpha value is -2.14. The van der Waals surface area contributed by atoms with Crippen LogP contribution < -0.4 is 4.90 Å². The van der Waals surface area contributed by atoms with Crippen LogP contribution in [0.2, 0.25) is 0 Å². The van der Waals surface area contributed by atoms with Crippen LogP contribution in [-0.2, 0) is 11.2 Å². The van der Waals surface area contributed by atoms with E-state index in [0.717, 1.165) is 44.6 Å². The van der Waals surface area contributed by atoms with Crippen molar-refractivity contribution in [3.05, 3.63) is 47.8 Å². The van der Waals surface area contributed by atoms with Crippen LogP contribution in [0.4, 0.5) is 5.69 Å². The molecule has 0 bridgehead atoms. The summed E-state index contributed by atoms with van der Waals surface area (Å²) in [5, 5.41) is 7.15. The molecule has 0 radical (unpaired) electrons. The molecule has 0 spiro atoms. The van der Waals surface area contributed by atoms with Gasteiger partial charge in [0.1, 0.15) is 0 Å². The van der Waals surface area contributed by atoms with E-state index in [1.54, 1.807) is 0 Å². The molecular formula is C19H24N4O.